The fourth-order valence-corrected chi connectivity index (χ4v) is 1.99. The number of hydrogen-bond donors (Lipinski definition) is 3. The van der Waals surface area contributed by atoms with Crippen LogP contribution in [-0.4, -0.2) is 26.2 Å². The van der Waals surface area contributed by atoms with Crippen LogP contribution in [0.1, 0.15) is 5.56 Å². The topological polar surface area (TPSA) is 71.6 Å². The number of anilines is 1. The lowest BCUT2D eigenvalue weighted by molar-refractivity contribution is -0.120. The molecular weight excluding hydrogens is 344 g/mol. The molecule has 0 atom stereocenters. The van der Waals surface area contributed by atoms with Crippen LogP contribution in [0.25, 0.3) is 5.70 Å². The zero-order valence-electron chi connectivity index (χ0n) is 14.1. The van der Waals surface area contributed by atoms with Crippen LogP contribution in [0.2, 0.25) is 0 Å². The van der Waals surface area contributed by atoms with Gasteiger partial charge in [-0.15, -0.1) is 0 Å². The second kappa shape index (κ2) is 9.26. The molecule has 8 heteroatoms. The fourth-order valence-electron chi connectivity index (χ4n) is 1.99. The molecule has 0 unspecified atom stereocenters. The van der Waals surface area contributed by atoms with Gasteiger partial charge in [-0.05, 0) is 54.1 Å². The van der Waals surface area contributed by atoms with Crippen LogP contribution < -0.4 is 25.6 Å². The zero-order chi connectivity index (χ0) is 18.9. The summed E-state index contributed by atoms with van der Waals surface area (Å²) in [4.78, 5) is 11.8. The summed E-state index contributed by atoms with van der Waals surface area (Å²) < 4.78 is 33.5. The highest BCUT2D eigenvalue weighted by Gasteiger charge is 2.06. The summed E-state index contributed by atoms with van der Waals surface area (Å²) in [5.41, 5.74) is 6.97. The van der Waals surface area contributed by atoms with Crippen LogP contribution in [0.5, 0.6) is 11.5 Å². The average molecular weight is 363 g/mol. The molecule has 0 saturated heterocycles. The third kappa shape index (κ3) is 5.97. The van der Waals surface area contributed by atoms with E-state index in [1.54, 1.807) is 43.5 Å². The highest BCUT2D eigenvalue weighted by Crippen LogP contribution is 2.17. The smallest absolute Gasteiger partial charge is 0.387 e. The Labute approximate surface area is 149 Å². The van der Waals surface area contributed by atoms with Crippen LogP contribution in [0.4, 0.5) is 14.5 Å². The van der Waals surface area contributed by atoms with Crippen molar-refractivity contribution in [2.75, 3.05) is 19.0 Å². The summed E-state index contributed by atoms with van der Waals surface area (Å²) in [6.07, 6.45) is 0. The van der Waals surface area contributed by atoms with Gasteiger partial charge in [0.05, 0.1) is 19.4 Å². The number of carbonyl (C=O) groups excluding carboxylic acids is 1. The Bertz CT molecular complexity index is 734. The molecule has 0 bridgehead atoms. The molecule has 0 aromatic heterocycles. The lowest BCUT2D eigenvalue weighted by Crippen LogP contribution is -2.39. The first-order valence-corrected chi connectivity index (χ1v) is 7.65. The van der Waals surface area contributed by atoms with Crippen LogP contribution in [-0.2, 0) is 4.79 Å². The van der Waals surface area contributed by atoms with Crippen molar-refractivity contribution in [3.8, 4) is 11.5 Å². The molecule has 1 amide bonds. The van der Waals surface area contributed by atoms with E-state index in [1.165, 1.54) is 12.1 Å². The van der Waals surface area contributed by atoms with Crippen molar-refractivity contribution in [2.24, 2.45) is 0 Å². The van der Waals surface area contributed by atoms with Gasteiger partial charge in [0.25, 0.3) is 5.91 Å². The second-order valence-corrected chi connectivity index (χ2v) is 5.14. The monoisotopic (exact) mass is 363 g/mol. The number of nitrogens with one attached hydrogen (secondary N) is 3. The average Bonchev–Trinajstić information content (AvgIpc) is 2.65. The Morgan fingerprint density at radius 3 is 2.23 bits per heavy atom. The number of amides is 1. The summed E-state index contributed by atoms with van der Waals surface area (Å²) in [7, 11) is 1.58. The maximum atomic E-state index is 12.1. The normalized spacial score (nSPS) is 10.2. The van der Waals surface area contributed by atoms with Crippen molar-refractivity contribution < 1.29 is 23.0 Å². The first-order valence-electron chi connectivity index (χ1n) is 7.65. The number of alkyl halides is 2. The van der Waals surface area contributed by atoms with Crippen molar-refractivity contribution in [3.63, 3.8) is 0 Å². The number of carbonyl (C=O) groups is 1. The van der Waals surface area contributed by atoms with E-state index in [4.69, 9.17) is 4.74 Å². The van der Waals surface area contributed by atoms with Crippen LogP contribution in [0.15, 0.2) is 55.1 Å². The molecule has 0 aliphatic heterocycles. The van der Waals surface area contributed by atoms with Crippen molar-refractivity contribution in [3.05, 3.63) is 60.7 Å². The summed E-state index contributed by atoms with van der Waals surface area (Å²) in [5.74, 6) is 0.465. The van der Waals surface area contributed by atoms with E-state index in [9.17, 15) is 13.6 Å². The number of halogens is 2. The molecule has 0 saturated carbocycles. The fraction of sp³-hybridized carbons (Fsp3) is 0.167. The molecule has 0 spiro atoms. The molecular formula is C18H19F2N3O3. The predicted octanol–water partition coefficient (Wildman–Crippen LogP) is 3.00. The van der Waals surface area contributed by atoms with Crippen LogP contribution in [0.3, 0.4) is 0 Å². The Morgan fingerprint density at radius 2 is 1.65 bits per heavy atom. The minimum Gasteiger partial charge on any atom is -0.497 e. The number of methoxy groups -OCH3 is 1. The lowest BCUT2D eigenvalue weighted by atomic mass is 10.2. The Morgan fingerprint density at radius 1 is 1.04 bits per heavy atom. The molecule has 0 aliphatic rings. The molecule has 6 nitrogen and oxygen atoms in total. The van der Waals surface area contributed by atoms with Gasteiger partial charge in [-0.25, -0.2) is 0 Å². The van der Waals surface area contributed by atoms with E-state index in [-0.39, 0.29) is 18.2 Å². The van der Waals surface area contributed by atoms with Gasteiger partial charge in [-0.3, -0.25) is 15.6 Å². The summed E-state index contributed by atoms with van der Waals surface area (Å²) >= 11 is 0. The molecule has 3 N–H and O–H groups in total. The largest absolute Gasteiger partial charge is 0.497 e. The minimum absolute atomic E-state index is 0.0456. The highest BCUT2D eigenvalue weighted by molar-refractivity contribution is 5.81. The molecule has 2 aromatic carbocycles. The second-order valence-electron chi connectivity index (χ2n) is 5.14. The quantitative estimate of drug-likeness (QED) is 0.598. The molecule has 2 rings (SSSR count). The van der Waals surface area contributed by atoms with E-state index >= 15 is 0 Å². The number of ether oxygens (including phenoxy) is 2. The van der Waals surface area contributed by atoms with Gasteiger partial charge in [0.1, 0.15) is 11.5 Å². The molecule has 2 aromatic rings. The summed E-state index contributed by atoms with van der Waals surface area (Å²) in [6.45, 7) is 0.950. The predicted molar refractivity (Wildman–Crippen MR) is 94.9 cm³/mol. The van der Waals surface area contributed by atoms with Gasteiger partial charge < -0.3 is 14.8 Å². The van der Waals surface area contributed by atoms with Crippen molar-refractivity contribution in [1.29, 1.82) is 0 Å². The standard InChI is InChI=1S/C18H19F2N3O3/c1-12(13-3-7-16(8-4-13)26-18(19)20)22-23-17(24)11-21-14-5-9-15(25-2)10-6-14/h3-10,18,21-22H,1,11H2,2H3,(H,23,24). The van der Waals surface area contributed by atoms with Crippen LogP contribution in [0, 0.1) is 0 Å². The summed E-state index contributed by atoms with van der Waals surface area (Å²) in [6, 6.07) is 13.0. The van der Waals surface area contributed by atoms with Gasteiger partial charge in [0, 0.05) is 5.69 Å². The SMILES string of the molecule is C=C(NNC(=O)CNc1ccc(OC)cc1)c1ccc(OC(F)F)cc1. The molecule has 0 heterocycles. The first kappa shape index (κ1) is 19.0. The van der Waals surface area contributed by atoms with E-state index in [0.717, 1.165) is 11.4 Å². The molecule has 0 radical (unpaired) electrons. The minimum atomic E-state index is -2.88. The van der Waals surface area contributed by atoms with Gasteiger partial charge in [0.15, 0.2) is 0 Å². The Balaban J connectivity index is 1.76. The first-order chi connectivity index (χ1) is 12.5. The van der Waals surface area contributed by atoms with E-state index < -0.39 is 6.61 Å². The highest BCUT2D eigenvalue weighted by atomic mass is 19.3. The molecule has 0 fully saturated rings. The molecule has 0 aliphatic carbocycles. The van der Waals surface area contributed by atoms with Crippen molar-refractivity contribution in [2.45, 2.75) is 6.61 Å². The zero-order valence-corrected chi connectivity index (χ0v) is 14.1. The van der Waals surface area contributed by atoms with Gasteiger partial charge >= 0.3 is 6.61 Å². The van der Waals surface area contributed by atoms with Gasteiger partial charge in [-0.1, -0.05) is 6.58 Å². The van der Waals surface area contributed by atoms with Crippen molar-refractivity contribution in [1.82, 2.24) is 10.9 Å². The number of hydrazine groups is 1. The Kier molecular flexibility index (Phi) is 6.78. The molecule has 138 valence electrons. The van der Waals surface area contributed by atoms with Gasteiger partial charge in [-0.2, -0.15) is 8.78 Å². The third-order valence-corrected chi connectivity index (χ3v) is 3.32. The lowest BCUT2D eigenvalue weighted by Gasteiger charge is -2.13. The van der Waals surface area contributed by atoms with E-state index in [1.807, 2.05) is 0 Å². The number of rotatable bonds is 9. The van der Waals surface area contributed by atoms with E-state index in [2.05, 4.69) is 27.5 Å². The molecule has 26 heavy (non-hydrogen) atoms. The number of hydrogen-bond acceptors (Lipinski definition) is 5. The maximum absolute atomic E-state index is 12.1. The van der Waals surface area contributed by atoms with Crippen molar-refractivity contribution >= 4 is 17.3 Å². The van der Waals surface area contributed by atoms with E-state index in [0.29, 0.717) is 11.3 Å². The summed E-state index contributed by atoms with van der Waals surface area (Å²) in [5, 5.41) is 2.96. The van der Waals surface area contributed by atoms with Crippen LogP contribution >= 0.6 is 0 Å². The Hall–Kier alpha value is -3.29. The number of benzene rings is 2. The maximum Gasteiger partial charge on any atom is 0.387 e. The third-order valence-electron chi connectivity index (χ3n) is 3.32. The van der Waals surface area contributed by atoms with Gasteiger partial charge in [0.2, 0.25) is 0 Å².